The van der Waals surface area contributed by atoms with Crippen molar-refractivity contribution in [3.05, 3.63) is 42.1 Å². The Hall–Kier alpha value is -2.94. The van der Waals surface area contributed by atoms with E-state index in [1.165, 1.54) is 0 Å². The van der Waals surface area contributed by atoms with Crippen molar-refractivity contribution in [1.29, 1.82) is 5.26 Å². The molecule has 0 radical (unpaired) electrons. The molecule has 22 heavy (non-hydrogen) atoms. The summed E-state index contributed by atoms with van der Waals surface area (Å²) < 4.78 is 0. The number of para-hydroxylation sites is 1. The first-order valence-electron chi connectivity index (χ1n) is 6.87. The summed E-state index contributed by atoms with van der Waals surface area (Å²) in [6, 6.07) is 11.9. The molecule has 2 amide bonds. The normalized spacial score (nSPS) is 13.1. The first-order chi connectivity index (χ1) is 10.5. The Kier molecular flexibility index (Phi) is 4.69. The molecular formula is C16H16N4O2. The zero-order chi connectivity index (χ0) is 16.1. The molecule has 0 unspecified atom stereocenters. The number of hydrogen-bond acceptors (Lipinski definition) is 4. The highest BCUT2D eigenvalue weighted by Crippen LogP contribution is 2.12. The lowest BCUT2D eigenvalue weighted by atomic mass is 10.0. The highest BCUT2D eigenvalue weighted by Gasteiger charge is 2.22. The van der Waals surface area contributed by atoms with Crippen molar-refractivity contribution in [3.8, 4) is 6.07 Å². The van der Waals surface area contributed by atoms with Crippen LogP contribution < -0.4 is 11.1 Å². The third-order valence-corrected chi connectivity index (χ3v) is 3.29. The van der Waals surface area contributed by atoms with Crippen LogP contribution in [0.2, 0.25) is 0 Å². The smallest absolute Gasteiger partial charge is 0.270 e. The predicted octanol–water partition coefficient (Wildman–Crippen LogP) is 1.37. The number of hydrogen-bond donors (Lipinski definition) is 2. The molecule has 2 atom stereocenters. The van der Waals surface area contributed by atoms with E-state index < -0.39 is 17.9 Å². The molecule has 0 fully saturated rings. The van der Waals surface area contributed by atoms with Crippen molar-refractivity contribution in [2.75, 3.05) is 0 Å². The quantitative estimate of drug-likeness (QED) is 0.868. The molecule has 1 aromatic heterocycles. The van der Waals surface area contributed by atoms with Crippen molar-refractivity contribution in [3.63, 3.8) is 0 Å². The molecule has 0 bridgehead atoms. The Morgan fingerprint density at radius 1 is 1.32 bits per heavy atom. The van der Waals surface area contributed by atoms with Gasteiger partial charge in [-0.1, -0.05) is 24.3 Å². The maximum absolute atomic E-state index is 12.2. The Labute approximate surface area is 127 Å². The van der Waals surface area contributed by atoms with Gasteiger partial charge in [-0.2, -0.15) is 5.26 Å². The summed E-state index contributed by atoms with van der Waals surface area (Å²) in [5.74, 6) is -1.54. The summed E-state index contributed by atoms with van der Waals surface area (Å²) in [5, 5.41) is 12.3. The summed E-state index contributed by atoms with van der Waals surface area (Å²) in [7, 11) is 0. The van der Waals surface area contributed by atoms with E-state index in [0.29, 0.717) is 5.52 Å². The van der Waals surface area contributed by atoms with Gasteiger partial charge in [0.05, 0.1) is 11.6 Å². The summed E-state index contributed by atoms with van der Waals surface area (Å²) in [6.45, 7) is 1.66. The number of rotatable bonds is 5. The molecule has 1 heterocycles. The molecule has 0 saturated heterocycles. The number of nitrogens with one attached hydrogen (secondary N) is 1. The number of pyridine rings is 1. The van der Waals surface area contributed by atoms with Crippen LogP contribution in [0.1, 0.15) is 23.8 Å². The van der Waals surface area contributed by atoms with Crippen LogP contribution in [0.4, 0.5) is 0 Å². The summed E-state index contributed by atoms with van der Waals surface area (Å²) >= 11 is 0. The highest BCUT2D eigenvalue weighted by atomic mass is 16.2. The fourth-order valence-corrected chi connectivity index (χ4v) is 2.08. The first kappa shape index (κ1) is 15.4. The predicted molar refractivity (Wildman–Crippen MR) is 81.6 cm³/mol. The monoisotopic (exact) mass is 296 g/mol. The molecule has 1 aromatic carbocycles. The van der Waals surface area contributed by atoms with Gasteiger partial charge in [-0.05, 0) is 25.5 Å². The van der Waals surface area contributed by atoms with Crippen molar-refractivity contribution in [1.82, 2.24) is 10.3 Å². The SMILES string of the molecule is C[C@H](C#N)C[C@H](NC(=O)c1ccc2ccccc2n1)C(N)=O. The maximum atomic E-state index is 12.2. The lowest BCUT2D eigenvalue weighted by Crippen LogP contribution is -2.45. The number of nitriles is 1. The Morgan fingerprint density at radius 3 is 2.73 bits per heavy atom. The van der Waals surface area contributed by atoms with Gasteiger partial charge < -0.3 is 11.1 Å². The number of primary amides is 1. The molecule has 0 aliphatic carbocycles. The number of nitrogens with zero attached hydrogens (tertiary/aromatic N) is 2. The Morgan fingerprint density at radius 2 is 2.05 bits per heavy atom. The second-order valence-electron chi connectivity index (χ2n) is 5.08. The first-order valence-corrected chi connectivity index (χ1v) is 6.87. The van der Waals surface area contributed by atoms with Gasteiger partial charge in [-0.3, -0.25) is 9.59 Å². The molecule has 112 valence electrons. The van der Waals surface area contributed by atoms with Crippen LogP contribution in [0, 0.1) is 17.2 Å². The Bertz CT molecular complexity index is 751. The molecule has 0 aliphatic rings. The largest absolute Gasteiger partial charge is 0.368 e. The zero-order valence-electron chi connectivity index (χ0n) is 12.1. The number of fused-ring (bicyclic) bond motifs is 1. The summed E-state index contributed by atoms with van der Waals surface area (Å²) in [5.41, 5.74) is 6.17. The van der Waals surface area contributed by atoms with E-state index >= 15 is 0 Å². The second-order valence-corrected chi connectivity index (χ2v) is 5.08. The second kappa shape index (κ2) is 6.68. The molecule has 0 spiro atoms. The average molecular weight is 296 g/mol. The minimum atomic E-state index is -0.893. The lowest BCUT2D eigenvalue weighted by Gasteiger charge is -2.16. The van der Waals surface area contributed by atoms with Crippen LogP contribution in [0.15, 0.2) is 36.4 Å². The van der Waals surface area contributed by atoms with E-state index in [4.69, 9.17) is 11.0 Å². The van der Waals surface area contributed by atoms with E-state index in [9.17, 15) is 9.59 Å². The Balaban J connectivity index is 2.18. The minimum absolute atomic E-state index is 0.172. The highest BCUT2D eigenvalue weighted by molar-refractivity contribution is 5.97. The molecule has 0 aliphatic heterocycles. The number of amides is 2. The fourth-order valence-electron chi connectivity index (χ4n) is 2.08. The van der Waals surface area contributed by atoms with E-state index in [-0.39, 0.29) is 18.0 Å². The third kappa shape index (κ3) is 3.58. The lowest BCUT2D eigenvalue weighted by molar-refractivity contribution is -0.120. The molecule has 3 N–H and O–H groups in total. The van der Waals surface area contributed by atoms with Crippen molar-refractivity contribution in [2.24, 2.45) is 11.7 Å². The third-order valence-electron chi connectivity index (χ3n) is 3.29. The molecule has 6 heteroatoms. The van der Waals surface area contributed by atoms with Crippen LogP contribution in [0.25, 0.3) is 10.9 Å². The van der Waals surface area contributed by atoms with E-state index in [2.05, 4.69) is 10.3 Å². The van der Waals surface area contributed by atoms with E-state index in [1.807, 2.05) is 24.3 Å². The number of carbonyl (C=O) groups is 2. The van der Waals surface area contributed by atoms with Gasteiger partial charge in [0.2, 0.25) is 5.91 Å². The summed E-state index contributed by atoms with van der Waals surface area (Å²) in [4.78, 5) is 27.9. The van der Waals surface area contributed by atoms with Gasteiger partial charge in [0.1, 0.15) is 11.7 Å². The zero-order valence-corrected chi connectivity index (χ0v) is 12.1. The maximum Gasteiger partial charge on any atom is 0.270 e. The van der Waals surface area contributed by atoms with Gasteiger partial charge in [0.25, 0.3) is 5.91 Å². The van der Waals surface area contributed by atoms with Gasteiger partial charge in [0.15, 0.2) is 0 Å². The molecular weight excluding hydrogens is 280 g/mol. The average Bonchev–Trinajstić information content (AvgIpc) is 2.53. The fraction of sp³-hybridized carbons (Fsp3) is 0.250. The molecule has 2 aromatic rings. The van der Waals surface area contributed by atoms with Gasteiger partial charge >= 0.3 is 0 Å². The van der Waals surface area contributed by atoms with Crippen LogP contribution in [-0.4, -0.2) is 22.8 Å². The van der Waals surface area contributed by atoms with Crippen LogP contribution in [-0.2, 0) is 4.79 Å². The van der Waals surface area contributed by atoms with Crippen LogP contribution in [0.5, 0.6) is 0 Å². The standard InChI is InChI=1S/C16H16N4O2/c1-10(9-17)8-14(15(18)21)20-16(22)13-7-6-11-4-2-3-5-12(11)19-13/h2-7,10,14H,8H2,1H3,(H2,18,21)(H,20,22)/t10-,14-/m0/s1. The van der Waals surface area contributed by atoms with Crippen molar-refractivity contribution in [2.45, 2.75) is 19.4 Å². The molecule has 0 saturated carbocycles. The van der Waals surface area contributed by atoms with E-state index in [0.717, 1.165) is 5.39 Å². The van der Waals surface area contributed by atoms with Crippen molar-refractivity contribution >= 4 is 22.7 Å². The number of benzene rings is 1. The minimum Gasteiger partial charge on any atom is -0.368 e. The van der Waals surface area contributed by atoms with Crippen LogP contribution in [0.3, 0.4) is 0 Å². The van der Waals surface area contributed by atoms with Crippen LogP contribution >= 0.6 is 0 Å². The van der Waals surface area contributed by atoms with Gasteiger partial charge in [-0.15, -0.1) is 0 Å². The molecule has 2 rings (SSSR count). The number of carbonyl (C=O) groups excluding carboxylic acids is 2. The molecule has 6 nitrogen and oxygen atoms in total. The topological polar surface area (TPSA) is 109 Å². The van der Waals surface area contributed by atoms with Crippen molar-refractivity contribution < 1.29 is 9.59 Å². The number of aromatic nitrogens is 1. The number of nitrogens with two attached hydrogens (primary N) is 1. The van der Waals surface area contributed by atoms with Gasteiger partial charge in [0, 0.05) is 11.3 Å². The van der Waals surface area contributed by atoms with E-state index in [1.54, 1.807) is 25.1 Å². The van der Waals surface area contributed by atoms with Gasteiger partial charge in [-0.25, -0.2) is 4.98 Å². The summed E-state index contributed by atoms with van der Waals surface area (Å²) in [6.07, 6.45) is 0.172.